The SMILES string of the molecule is COc1cc(S(C)(=O)=NC(=O)C(F)(F)F)ccc1Br. The second-order valence-corrected chi connectivity index (χ2v) is 6.61. The van der Waals surface area contributed by atoms with Crippen LogP contribution in [0.3, 0.4) is 0 Å². The van der Waals surface area contributed by atoms with E-state index >= 15 is 0 Å². The number of carbonyl (C=O) groups excluding carboxylic acids is 1. The summed E-state index contributed by atoms with van der Waals surface area (Å²) in [5.41, 5.74) is 0. The largest absolute Gasteiger partial charge is 0.496 e. The van der Waals surface area contributed by atoms with Crippen molar-refractivity contribution in [1.29, 1.82) is 0 Å². The first-order chi connectivity index (χ1) is 8.58. The van der Waals surface area contributed by atoms with Crippen LogP contribution in [0.4, 0.5) is 13.2 Å². The second-order valence-electron chi connectivity index (χ2n) is 3.49. The number of ether oxygens (including phenoxy) is 1. The number of halogens is 4. The van der Waals surface area contributed by atoms with Crippen molar-refractivity contribution in [2.45, 2.75) is 11.1 Å². The molecule has 1 aromatic carbocycles. The Bertz CT molecular complexity index is 621. The molecule has 0 N–H and O–H groups in total. The van der Waals surface area contributed by atoms with E-state index < -0.39 is 21.8 Å². The zero-order valence-electron chi connectivity index (χ0n) is 9.82. The first-order valence-electron chi connectivity index (χ1n) is 4.75. The van der Waals surface area contributed by atoms with E-state index in [1.807, 2.05) is 0 Å². The number of hydrogen-bond donors (Lipinski definition) is 0. The predicted molar refractivity (Wildman–Crippen MR) is 66.5 cm³/mol. The third-order valence-electron chi connectivity index (χ3n) is 2.06. The molecule has 0 aliphatic carbocycles. The molecule has 1 unspecified atom stereocenters. The van der Waals surface area contributed by atoms with Crippen LogP contribution in [0.2, 0.25) is 0 Å². The molecule has 106 valence electrons. The van der Waals surface area contributed by atoms with Gasteiger partial charge in [0.15, 0.2) is 0 Å². The van der Waals surface area contributed by atoms with Crippen LogP contribution >= 0.6 is 15.9 Å². The maximum atomic E-state index is 12.1. The van der Waals surface area contributed by atoms with E-state index in [4.69, 9.17) is 4.74 Å². The molecule has 0 aliphatic rings. The lowest BCUT2D eigenvalue weighted by Gasteiger charge is -2.08. The zero-order chi connectivity index (χ0) is 14.8. The zero-order valence-corrected chi connectivity index (χ0v) is 12.2. The van der Waals surface area contributed by atoms with Crippen molar-refractivity contribution in [2.75, 3.05) is 13.4 Å². The first-order valence-corrected chi connectivity index (χ1v) is 7.46. The van der Waals surface area contributed by atoms with Gasteiger partial charge in [0.25, 0.3) is 0 Å². The van der Waals surface area contributed by atoms with Gasteiger partial charge in [0.2, 0.25) is 0 Å². The lowest BCUT2D eigenvalue weighted by atomic mass is 10.3. The van der Waals surface area contributed by atoms with Crippen molar-refractivity contribution in [3.63, 3.8) is 0 Å². The molecule has 4 nitrogen and oxygen atoms in total. The van der Waals surface area contributed by atoms with Gasteiger partial charge < -0.3 is 4.74 Å². The van der Waals surface area contributed by atoms with Crippen molar-refractivity contribution in [1.82, 2.24) is 0 Å². The summed E-state index contributed by atoms with van der Waals surface area (Å²) in [6.45, 7) is 0. The number of amides is 1. The minimum absolute atomic E-state index is 0.0230. The first kappa shape index (κ1) is 16.0. The number of alkyl halides is 3. The van der Waals surface area contributed by atoms with E-state index in [0.717, 1.165) is 6.26 Å². The van der Waals surface area contributed by atoms with Crippen molar-refractivity contribution < 1.29 is 26.9 Å². The molecule has 9 heteroatoms. The van der Waals surface area contributed by atoms with Gasteiger partial charge in [-0.1, -0.05) is 0 Å². The Morgan fingerprint density at radius 2 is 2.00 bits per heavy atom. The van der Waals surface area contributed by atoms with Crippen molar-refractivity contribution in [2.24, 2.45) is 4.36 Å². The highest BCUT2D eigenvalue weighted by Crippen LogP contribution is 2.28. The number of nitrogens with zero attached hydrogens (tertiary/aromatic N) is 1. The average molecular weight is 360 g/mol. The Hall–Kier alpha value is -1.09. The summed E-state index contributed by atoms with van der Waals surface area (Å²) in [6, 6.07) is 4.02. The lowest BCUT2D eigenvalue weighted by Crippen LogP contribution is -2.21. The quantitative estimate of drug-likeness (QED) is 0.815. The summed E-state index contributed by atoms with van der Waals surface area (Å²) < 4.78 is 56.6. The molecule has 1 rings (SSSR count). The molecule has 1 amide bonds. The van der Waals surface area contributed by atoms with Gasteiger partial charge in [-0.3, -0.25) is 4.79 Å². The topological polar surface area (TPSA) is 55.7 Å². The van der Waals surface area contributed by atoms with Crippen LogP contribution in [-0.2, 0) is 14.5 Å². The third-order valence-corrected chi connectivity index (χ3v) is 4.36. The minimum Gasteiger partial charge on any atom is -0.496 e. The van der Waals surface area contributed by atoms with E-state index in [0.29, 0.717) is 4.47 Å². The smallest absolute Gasteiger partial charge is 0.474 e. The Labute approximate surface area is 116 Å². The molecule has 19 heavy (non-hydrogen) atoms. The molecule has 0 spiro atoms. The molecule has 0 saturated heterocycles. The van der Waals surface area contributed by atoms with E-state index in [9.17, 15) is 22.2 Å². The summed E-state index contributed by atoms with van der Waals surface area (Å²) >= 11 is 3.14. The fraction of sp³-hybridized carbons (Fsp3) is 0.300. The van der Waals surface area contributed by atoms with Crippen LogP contribution < -0.4 is 4.74 Å². The molecule has 0 heterocycles. The molecular formula is C10H9BrF3NO3S. The average Bonchev–Trinajstić information content (AvgIpc) is 2.27. The predicted octanol–water partition coefficient (Wildman–Crippen LogP) is 3.00. The van der Waals surface area contributed by atoms with Gasteiger partial charge in [0.1, 0.15) is 5.75 Å². The number of methoxy groups -OCH3 is 1. The second kappa shape index (κ2) is 5.49. The summed E-state index contributed by atoms with van der Waals surface area (Å²) in [4.78, 5) is 10.7. The van der Waals surface area contributed by atoms with Crippen LogP contribution in [-0.4, -0.2) is 29.7 Å². The summed E-state index contributed by atoms with van der Waals surface area (Å²) in [6.07, 6.45) is -4.18. The molecule has 0 aliphatic heterocycles. The fourth-order valence-corrected chi connectivity index (χ4v) is 2.72. The van der Waals surface area contributed by atoms with Gasteiger partial charge in [0.05, 0.1) is 26.2 Å². The number of hydrogen-bond acceptors (Lipinski definition) is 3. The highest BCUT2D eigenvalue weighted by molar-refractivity contribution is 9.10. The fourth-order valence-electron chi connectivity index (χ4n) is 1.14. The van der Waals surface area contributed by atoms with Gasteiger partial charge >= 0.3 is 12.1 Å². The maximum absolute atomic E-state index is 12.1. The molecule has 1 aromatic rings. The Morgan fingerprint density at radius 3 is 2.47 bits per heavy atom. The molecular weight excluding hydrogens is 351 g/mol. The van der Waals surface area contributed by atoms with Crippen LogP contribution in [0.25, 0.3) is 0 Å². The summed E-state index contributed by atoms with van der Waals surface area (Å²) in [7, 11) is -2.14. The monoisotopic (exact) mass is 359 g/mol. The van der Waals surface area contributed by atoms with E-state index in [-0.39, 0.29) is 10.6 Å². The van der Waals surface area contributed by atoms with E-state index in [1.165, 1.54) is 25.3 Å². The van der Waals surface area contributed by atoms with Crippen molar-refractivity contribution in [3.8, 4) is 5.75 Å². The standard InChI is InChI=1S/C10H9BrF3NO3S/c1-18-8-5-6(3-4-7(8)11)19(2,17)15-9(16)10(12,13)14/h3-5H,1-2H3. The van der Waals surface area contributed by atoms with Crippen molar-refractivity contribution >= 4 is 31.6 Å². The molecule has 1 atom stereocenters. The minimum atomic E-state index is -5.14. The Morgan fingerprint density at radius 1 is 1.42 bits per heavy atom. The molecule has 0 saturated carbocycles. The van der Waals surface area contributed by atoms with Crippen LogP contribution in [0.5, 0.6) is 5.75 Å². The Balaban J connectivity index is 3.32. The van der Waals surface area contributed by atoms with E-state index in [1.54, 1.807) is 0 Å². The van der Waals surface area contributed by atoms with Gasteiger partial charge in [-0.25, -0.2) is 4.21 Å². The van der Waals surface area contributed by atoms with Crippen LogP contribution in [0, 0.1) is 0 Å². The molecule has 0 bridgehead atoms. The van der Waals surface area contributed by atoms with Crippen LogP contribution in [0.1, 0.15) is 0 Å². The third kappa shape index (κ3) is 3.93. The summed E-state index contributed by atoms with van der Waals surface area (Å²) in [5, 5.41) is 0. The summed E-state index contributed by atoms with van der Waals surface area (Å²) in [5.74, 6) is -2.09. The van der Waals surface area contributed by atoms with Crippen LogP contribution in [0.15, 0.2) is 31.9 Å². The highest BCUT2D eigenvalue weighted by atomic mass is 79.9. The molecule has 0 fully saturated rings. The molecule has 0 aromatic heterocycles. The van der Waals surface area contributed by atoms with Gasteiger partial charge in [-0.2, -0.15) is 13.2 Å². The number of benzene rings is 1. The lowest BCUT2D eigenvalue weighted by molar-refractivity contribution is -0.169. The maximum Gasteiger partial charge on any atom is 0.474 e. The van der Waals surface area contributed by atoms with Gasteiger partial charge in [-0.15, -0.1) is 4.36 Å². The molecule has 0 radical (unpaired) electrons. The van der Waals surface area contributed by atoms with Gasteiger partial charge in [-0.05, 0) is 34.1 Å². The number of carbonyl (C=O) groups is 1. The number of rotatable bonds is 2. The highest BCUT2D eigenvalue weighted by Gasteiger charge is 2.39. The normalized spacial score (nSPS) is 14.6. The van der Waals surface area contributed by atoms with Gasteiger partial charge in [0, 0.05) is 6.26 Å². The van der Waals surface area contributed by atoms with Crippen molar-refractivity contribution in [3.05, 3.63) is 22.7 Å². The Kier molecular flexibility index (Phi) is 4.62. The van der Waals surface area contributed by atoms with E-state index in [2.05, 4.69) is 20.3 Å².